The van der Waals surface area contributed by atoms with Crippen molar-refractivity contribution in [2.24, 2.45) is 5.73 Å². The predicted octanol–water partition coefficient (Wildman–Crippen LogP) is 2.81. The number of hydrogen-bond acceptors (Lipinski definition) is 6. The molecule has 134 valence electrons. The van der Waals surface area contributed by atoms with Crippen LogP contribution in [-0.2, 0) is 16.0 Å². The highest BCUT2D eigenvalue weighted by atomic mass is 16.5. The summed E-state index contributed by atoms with van der Waals surface area (Å²) < 4.78 is 10.5. The molecule has 0 radical (unpaired) electrons. The molecule has 6 heteroatoms. The number of ether oxygens (including phenoxy) is 2. The van der Waals surface area contributed by atoms with E-state index in [-0.39, 0.29) is 18.4 Å². The van der Waals surface area contributed by atoms with E-state index in [0.717, 1.165) is 22.3 Å². The van der Waals surface area contributed by atoms with E-state index in [0.29, 0.717) is 18.7 Å². The van der Waals surface area contributed by atoms with Gasteiger partial charge in [-0.3, -0.25) is 14.8 Å². The van der Waals surface area contributed by atoms with Crippen LogP contribution in [0.4, 0.5) is 0 Å². The van der Waals surface area contributed by atoms with Crippen molar-refractivity contribution in [1.29, 1.82) is 0 Å². The molecule has 26 heavy (non-hydrogen) atoms. The molecule has 1 unspecified atom stereocenters. The predicted molar refractivity (Wildman–Crippen MR) is 98.7 cm³/mol. The fourth-order valence-electron chi connectivity index (χ4n) is 2.60. The van der Waals surface area contributed by atoms with Crippen molar-refractivity contribution < 1.29 is 14.3 Å². The summed E-state index contributed by atoms with van der Waals surface area (Å²) in [6.07, 6.45) is 2.57. The number of nitrogens with zero attached hydrogens (tertiary/aromatic N) is 2. The quantitative estimate of drug-likeness (QED) is 0.659. The zero-order chi connectivity index (χ0) is 18.4. The smallest absolute Gasteiger partial charge is 0.311 e. The van der Waals surface area contributed by atoms with E-state index in [1.165, 1.54) is 7.11 Å². The van der Waals surface area contributed by atoms with Crippen molar-refractivity contribution in [2.75, 3.05) is 13.7 Å². The van der Waals surface area contributed by atoms with E-state index >= 15 is 0 Å². The number of nitrogens with two attached hydrogens (primary N) is 1. The van der Waals surface area contributed by atoms with E-state index in [2.05, 4.69) is 14.7 Å². The van der Waals surface area contributed by atoms with Crippen LogP contribution in [0.5, 0.6) is 5.75 Å². The van der Waals surface area contributed by atoms with E-state index in [1.807, 2.05) is 48.5 Å². The molecule has 0 aliphatic carbocycles. The van der Waals surface area contributed by atoms with Crippen molar-refractivity contribution in [2.45, 2.75) is 18.9 Å². The van der Waals surface area contributed by atoms with Crippen molar-refractivity contribution in [3.05, 3.63) is 66.1 Å². The summed E-state index contributed by atoms with van der Waals surface area (Å²) in [4.78, 5) is 20.1. The molecule has 0 saturated heterocycles. The second-order valence-electron chi connectivity index (χ2n) is 5.91. The molecule has 3 rings (SSSR count). The molecule has 2 N–H and O–H groups in total. The third-order valence-electron chi connectivity index (χ3n) is 4.04. The van der Waals surface area contributed by atoms with Crippen LogP contribution in [0.1, 0.15) is 23.9 Å². The molecule has 2 heterocycles. The maximum absolute atomic E-state index is 11.4. The van der Waals surface area contributed by atoms with E-state index in [1.54, 1.807) is 6.20 Å². The largest absolute Gasteiger partial charge is 0.493 e. The van der Waals surface area contributed by atoms with Crippen molar-refractivity contribution >= 4 is 16.9 Å². The van der Waals surface area contributed by atoms with Gasteiger partial charge in [0.15, 0.2) is 0 Å². The normalized spacial score (nSPS) is 11.9. The molecular weight excluding hydrogens is 330 g/mol. The monoisotopic (exact) mass is 351 g/mol. The average Bonchev–Trinajstić information content (AvgIpc) is 2.68. The van der Waals surface area contributed by atoms with Crippen molar-refractivity contribution in [1.82, 2.24) is 9.97 Å². The van der Waals surface area contributed by atoms with Crippen LogP contribution in [-0.4, -0.2) is 29.7 Å². The average molecular weight is 351 g/mol. The van der Waals surface area contributed by atoms with Crippen LogP contribution in [0, 0.1) is 0 Å². The summed E-state index contributed by atoms with van der Waals surface area (Å²) in [6.45, 7) is 0.497. The highest BCUT2D eigenvalue weighted by Gasteiger charge is 2.08. The minimum Gasteiger partial charge on any atom is -0.493 e. The van der Waals surface area contributed by atoms with Gasteiger partial charge >= 0.3 is 5.97 Å². The van der Waals surface area contributed by atoms with E-state index < -0.39 is 0 Å². The Morgan fingerprint density at radius 3 is 2.85 bits per heavy atom. The van der Waals surface area contributed by atoms with E-state index in [4.69, 9.17) is 10.5 Å². The Kier molecular flexibility index (Phi) is 5.76. The second-order valence-corrected chi connectivity index (χ2v) is 5.91. The Morgan fingerprint density at radius 1 is 1.19 bits per heavy atom. The lowest BCUT2D eigenvalue weighted by Crippen LogP contribution is -2.15. The molecule has 2 aromatic heterocycles. The Balaban J connectivity index is 1.60. The molecular formula is C20H21N3O3. The molecule has 0 spiro atoms. The Morgan fingerprint density at radius 2 is 2.08 bits per heavy atom. The van der Waals surface area contributed by atoms with Gasteiger partial charge in [0.05, 0.1) is 43.1 Å². The molecule has 0 amide bonds. The van der Waals surface area contributed by atoms with Crippen LogP contribution in [0.3, 0.4) is 0 Å². The van der Waals surface area contributed by atoms with Gasteiger partial charge in [-0.1, -0.05) is 12.1 Å². The third-order valence-corrected chi connectivity index (χ3v) is 4.04. The second kappa shape index (κ2) is 8.40. The number of hydrogen-bond donors (Lipinski definition) is 1. The lowest BCUT2D eigenvalue weighted by Gasteiger charge is -2.12. The maximum atomic E-state index is 11.4. The molecule has 0 saturated carbocycles. The minimum absolute atomic E-state index is 0.154. The molecule has 0 fully saturated rings. The first-order chi connectivity index (χ1) is 12.7. The van der Waals surface area contributed by atoms with Crippen LogP contribution >= 0.6 is 0 Å². The SMILES string of the molecule is COC(=O)Cc1ccc2cc(OCCC(N)c3ccccn3)ccc2n1. The number of carbonyl (C=O) groups excluding carboxylic acids is 1. The number of fused-ring (bicyclic) bond motifs is 1. The summed E-state index contributed by atoms with van der Waals surface area (Å²) in [5.41, 5.74) is 8.47. The summed E-state index contributed by atoms with van der Waals surface area (Å²) in [7, 11) is 1.37. The summed E-state index contributed by atoms with van der Waals surface area (Å²) in [6, 6.07) is 15.0. The van der Waals surface area contributed by atoms with Gasteiger partial charge < -0.3 is 15.2 Å². The summed E-state index contributed by atoms with van der Waals surface area (Å²) >= 11 is 0. The summed E-state index contributed by atoms with van der Waals surface area (Å²) in [5, 5.41) is 0.949. The first-order valence-corrected chi connectivity index (χ1v) is 8.41. The number of aromatic nitrogens is 2. The van der Waals surface area contributed by atoms with Gasteiger partial charge in [-0.15, -0.1) is 0 Å². The lowest BCUT2D eigenvalue weighted by atomic mass is 10.1. The number of methoxy groups -OCH3 is 1. The third kappa shape index (κ3) is 4.55. The Bertz CT molecular complexity index is 884. The standard InChI is InChI=1S/C20H21N3O3/c1-25-20(24)13-15-6-5-14-12-16(7-8-18(14)23-15)26-11-9-17(21)19-4-2-3-10-22-19/h2-8,10,12,17H,9,11,13,21H2,1H3. The lowest BCUT2D eigenvalue weighted by molar-refractivity contribution is -0.139. The molecule has 0 aliphatic rings. The van der Waals surface area contributed by atoms with Gasteiger partial charge in [-0.05, 0) is 36.4 Å². The first kappa shape index (κ1) is 17.8. The van der Waals surface area contributed by atoms with Crippen LogP contribution in [0.2, 0.25) is 0 Å². The number of rotatable bonds is 7. The zero-order valence-electron chi connectivity index (χ0n) is 14.6. The molecule has 3 aromatic rings. The van der Waals surface area contributed by atoms with Gasteiger partial charge in [0.1, 0.15) is 5.75 Å². The van der Waals surface area contributed by atoms with Gasteiger partial charge in [0.2, 0.25) is 0 Å². The van der Waals surface area contributed by atoms with Gasteiger partial charge in [-0.2, -0.15) is 0 Å². The molecule has 1 aromatic carbocycles. The molecule has 0 bridgehead atoms. The Labute approximate surface area is 152 Å². The molecule has 0 aliphatic heterocycles. The minimum atomic E-state index is -0.305. The number of esters is 1. The molecule has 1 atom stereocenters. The molecule has 6 nitrogen and oxygen atoms in total. The van der Waals surface area contributed by atoms with Gasteiger partial charge in [0.25, 0.3) is 0 Å². The summed E-state index contributed by atoms with van der Waals surface area (Å²) in [5.74, 6) is 0.453. The number of benzene rings is 1. The Hall–Kier alpha value is -2.99. The zero-order valence-corrected chi connectivity index (χ0v) is 14.6. The fraction of sp³-hybridized carbons (Fsp3) is 0.250. The maximum Gasteiger partial charge on any atom is 0.311 e. The van der Waals surface area contributed by atoms with Crippen LogP contribution in [0.15, 0.2) is 54.7 Å². The van der Waals surface area contributed by atoms with Crippen molar-refractivity contribution in [3.8, 4) is 5.75 Å². The van der Waals surface area contributed by atoms with Crippen molar-refractivity contribution in [3.63, 3.8) is 0 Å². The number of pyridine rings is 2. The highest BCUT2D eigenvalue weighted by Crippen LogP contribution is 2.21. The highest BCUT2D eigenvalue weighted by molar-refractivity contribution is 5.81. The fourth-order valence-corrected chi connectivity index (χ4v) is 2.60. The first-order valence-electron chi connectivity index (χ1n) is 8.41. The van der Waals surface area contributed by atoms with Gasteiger partial charge in [-0.25, -0.2) is 0 Å². The van der Waals surface area contributed by atoms with Crippen LogP contribution < -0.4 is 10.5 Å². The topological polar surface area (TPSA) is 87.3 Å². The van der Waals surface area contributed by atoms with Gasteiger partial charge in [0, 0.05) is 18.0 Å². The number of carbonyl (C=O) groups is 1. The van der Waals surface area contributed by atoms with Crippen LogP contribution in [0.25, 0.3) is 10.9 Å². The van der Waals surface area contributed by atoms with E-state index in [9.17, 15) is 4.79 Å².